The highest BCUT2D eigenvalue weighted by Crippen LogP contribution is 2.36. The molecule has 16 nitrogen and oxygen atoms in total. The molecule has 0 aliphatic carbocycles. The van der Waals surface area contributed by atoms with Crippen molar-refractivity contribution in [3.63, 3.8) is 0 Å². The van der Waals surface area contributed by atoms with Crippen LogP contribution in [0.1, 0.15) is 89.1 Å². The van der Waals surface area contributed by atoms with E-state index in [-0.39, 0.29) is 24.2 Å². The molecule has 4 aromatic rings. The second-order valence-corrected chi connectivity index (χ2v) is 19.2. The maximum absolute atomic E-state index is 13.5. The zero-order chi connectivity index (χ0) is 49.9. The van der Waals surface area contributed by atoms with Gasteiger partial charge in [-0.3, -0.25) is 39.2 Å². The highest BCUT2D eigenvalue weighted by molar-refractivity contribution is 6.30. The van der Waals surface area contributed by atoms with Gasteiger partial charge < -0.3 is 19.6 Å². The minimum atomic E-state index is -5.08. The Hall–Kier alpha value is -6.62. The third-order valence-electron chi connectivity index (χ3n) is 13.8. The maximum atomic E-state index is 13.5. The molecule has 9 rings (SSSR count). The van der Waals surface area contributed by atoms with Crippen molar-refractivity contribution >= 4 is 52.8 Å². The first-order chi connectivity index (χ1) is 33.4. The monoisotopic (exact) mass is 983 g/mol. The van der Waals surface area contributed by atoms with Crippen molar-refractivity contribution in [1.29, 1.82) is 5.26 Å². The number of piperidine rings is 2. The molecule has 2 N–H and O–H groups in total. The average molecular weight is 984 g/mol. The molecular weight excluding hydrogens is 931 g/mol. The Labute approximate surface area is 407 Å². The van der Waals surface area contributed by atoms with Crippen molar-refractivity contribution < 1.29 is 47.0 Å². The summed E-state index contributed by atoms with van der Waals surface area (Å²) in [5.41, 5.74) is 4.62. The Bertz CT molecular complexity index is 2690. The molecule has 0 spiro atoms. The predicted molar refractivity (Wildman–Crippen MR) is 251 cm³/mol. The lowest BCUT2D eigenvalue weighted by Crippen LogP contribution is -2.54. The minimum Gasteiger partial charge on any atom is -0.487 e. The van der Waals surface area contributed by atoms with E-state index in [1.807, 2.05) is 48.7 Å². The first kappa shape index (κ1) is 49.8. The number of likely N-dealkylation sites (tertiary alicyclic amines) is 1. The Morgan fingerprint density at radius 1 is 0.871 bits per heavy atom. The normalized spacial score (nSPS) is 21.2. The average Bonchev–Trinajstić information content (AvgIpc) is 3.91. The van der Waals surface area contributed by atoms with Gasteiger partial charge in [-0.05, 0) is 104 Å². The Morgan fingerprint density at radius 2 is 1.60 bits per heavy atom. The lowest BCUT2D eigenvalue weighted by molar-refractivity contribution is -0.192. The van der Waals surface area contributed by atoms with Gasteiger partial charge in [-0.2, -0.15) is 18.4 Å². The molecule has 368 valence electrons. The fourth-order valence-corrected chi connectivity index (χ4v) is 10.1. The van der Waals surface area contributed by atoms with E-state index in [9.17, 15) is 37.6 Å². The van der Waals surface area contributed by atoms with Crippen molar-refractivity contribution in [2.24, 2.45) is 5.92 Å². The number of benzene rings is 3. The number of anilines is 2. The number of rotatable bonds is 11. The summed E-state index contributed by atoms with van der Waals surface area (Å²) in [6, 6.07) is 22.5. The van der Waals surface area contributed by atoms with E-state index in [0.29, 0.717) is 40.3 Å². The van der Waals surface area contributed by atoms with Crippen LogP contribution in [0, 0.1) is 17.2 Å². The third kappa shape index (κ3) is 11.2. The summed E-state index contributed by atoms with van der Waals surface area (Å²) in [7, 11) is 0. The Kier molecular flexibility index (Phi) is 14.8. The van der Waals surface area contributed by atoms with Crippen LogP contribution in [-0.4, -0.2) is 137 Å². The van der Waals surface area contributed by atoms with Crippen LogP contribution in [0.2, 0.25) is 5.02 Å². The zero-order valence-electron chi connectivity index (χ0n) is 38.8. The number of carboxylic acids is 1. The van der Waals surface area contributed by atoms with Gasteiger partial charge in [0.1, 0.15) is 18.4 Å². The van der Waals surface area contributed by atoms with Crippen molar-refractivity contribution in [2.45, 2.75) is 76.2 Å². The van der Waals surface area contributed by atoms with Crippen LogP contribution in [0.3, 0.4) is 0 Å². The summed E-state index contributed by atoms with van der Waals surface area (Å²) in [5.74, 6) is -2.62. The first-order valence-electron chi connectivity index (χ1n) is 23.3. The molecule has 4 amide bonds. The van der Waals surface area contributed by atoms with Gasteiger partial charge in [0, 0.05) is 87.1 Å². The highest BCUT2D eigenvalue weighted by Gasteiger charge is 2.45. The summed E-state index contributed by atoms with van der Waals surface area (Å²) in [6.45, 7) is 13.1. The van der Waals surface area contributed by atoms with Gasteiger partial charge in [-0.15, -0.1) is 0 Å². The van der Waals surface area contributed by atoms with E-state index >= 15 is 0 Å². The second kappa shape index (κ2) is 20.8. The van der Waals surface area contributed by atoms with E-state index in [1.165, 1.54) is 6.42 Å². The lowest BCUT2D eigenvalue weighted by Gasteiger charge is -2.39. The van der Waals surface area contributed by atoms with Gasteiger partial charge in [-0.25, -0.2) is 14.8 Å². The molecular formula is C50H53ClF3N9O7. The van der Waals surface area contributed by atoms with E-state index in [4.69, 9.17) is 31.2 Å². The number of halogens is 4. The zero-order valence-corrected chi connectivity index (χ0v) is 39.5. The van der Waals surface area contributed by atoms with Crippen LogP contribution < -0.4 is 19.9 Å². The SMILES string of the molecule is CC(C)(c1ccc(OCc2ccnc(N3CCN(CC4CCN(C5CCCN(c6ccc7c(c6)C(=O)N(C6CCC(=O)NC6=O)C7=O)C5)C4)CC3)n2)cc1)c1cc(Cl)cc(C#N)c1.O=C(O)C(F)(F)F. The largest absolute Gasteiger partial charge is 0.490 e. The number of nitrogens with one attached hydrogen (secondary N) is 1. The molecule has 0 radical (unpaired) electrons. The molecule has 6 heterocycles. The molecule has 5 aliphatic heterocycles. The topological polar surface area (TPSA) is 193 Å². The number of fused-ring (bicyclic) bond motifs is 1. The molecule has 20 heteroatoms. The number of alkyl halides is 3. The summed E-state index contributed by atoms with van der Waals surface area (Å²) in [4.78, 5) is 80.2. The van der Waals surface area contributed by atoms with E-state index in [2.05, 4.69) is 61.9 Å². The molecule has 3 aromatic carbocycles. The molecule has 1 aromatic heterocycles. The lowest BCUT2D eigenvalue weighted by atomic mass is 9.78. The number of nitrogens with zero attached hydrogens (tertiary/aromatic N) is 8. The second-order valence-electron chi connectivity index (χ2n) is 18.8. The fraction of sp³-hybridized carbons (Fsp3) is 0.440. The van der Waals surface area contributed by atoms with Crippen LogP contribution in [0.15, 0.2) is 72.9 Å². The van der Waals surface area contributed by atoms with Gasteiger partial charge >= 0.3 is 12.1 Å². The van der Waals surface area contributed by atoms with Crippen LogP contribution in [0.25, 0.3) is 0 Å². The molecule has 4 fully saturated rings. The van der Waals surface area contributed by atoms with Crippen LogP contribution in [-0.2, 0) is 26.4 Å². The van der Waals surface area contributed by atoms with E-state index < -0.39 is 35.9 Å². The van der Waals surface area contributed by atoms with Crippen LogP contribution in [0.5, 0.6) is 5.75 Å². The number of piperazine rings is 1. The van der Waals surface area contributed by atoms with Gasteiger partial charge in [0.2, 0.25) is 17.8 Å². The molecule has 3 atom stereocenters. The molecule has 70 heavy (non-hydrogen) atoms. The number of nitriles is 1. The number of hydrogen-bond donors (Lipinski definition) is 2. The van der Waals surface area contributed by atoms with Crippen LogP contribution >= 0.6 is 11.6 Å². The highest BCUT2D eigenvalue weighted by atomic mass is 35.5. The molecule has 0 saturated carbocycles. The number of carbonyl (C=O) groups is 5. The molecule has 5 aliphatic rings. The Morgan fingerprint density at radius 3 is 2.30 bits per heavy atom. The van der Waals surface area contributed by atoms with Gasteiger partial charge in [0.05, 0.1) is 28.5 Å². The third-order valence-corrected chi connectivity index (χ3v) is 14.1. The summed E-state index contributed by atoms with van der Waals surface area (Å²) >= 11 is 6.31. The Balaban J connectivity index is 0.000000876. The maximum Gasteiger partial charge on any atom is 0.490 e. The number of hydrogen-bond acceptors (Lipinski definition) is 13. The van der Waals surface area contributed by atoms with Gasteiger partial charge in [0.25, 0.3) is 11.8 Å². The van der Waals surface area contributed by atoms with Gasteiger partial charge in [0.15, 0.2) is 0 Å². The smallest absolute Gasteiger partial charge is 0.487 e. The fourth-order valence-electron chi connectivity index (χ4n) is 9.91. The number of ether oxygens (including phenoxy) is 1. The molecule has 4 saturated heterocycles. The molecule has 3 unspecified atom stereocenters. The number of amides is 4. The number of aromatic nitrogens is 2. The summed E-state index contributed by atoms with van der Waals surface area (Å²) in [5, 5.41) is 19.4. The van der Waals surface area contributed by atoms with Gasteiger partial charge in [-0.1, -0.05) is 37.6 Å². The van der Waals surface area contributed by atoms with Crippen molar-refractivity contribution in [2.75, 3.05) is 68.7 Å². The van der Waals surface area contributed by atoms with Crippen molar-refractivity contribution in [3.8, 4) is 11.8 Å². The predicted octanol–water partition coefficient (Wildman–Crippen LogP) is 6.05. The van der Waals surface area contributed by atoms with Crippen molar-refractivity contribution in [1.82, 2.24) is 30.0 Å². The number of aliphatic carboxylic acids is 1. The molecule has 0 bridgehead atoms. The quantitative estimate of drug-likeness (QED) is 0.165. The number of carbonyl (C=O) groups excluding carboxylic acids is 4. The van der Waals surface area contributed by atoms with Crippen LogP contribution in [0.4, 0.5) is 24.8 Å². The number of imide groups is 2. The number of carboxylic acid groups (broad SMARTS) is 1. The minimum absolute atomic E-state index is 0.0969. The van der Waals surface area contributed by atoms with E-state index in [0.717, 1.165) is 111 Å². The summed E-state index contributed by atoms with van der Waals surface area (Å²) in [6.07, 6.45) is 0.293. The first-order valence-corrected chi connectivity index (χ1v) is 23.6. The van der Waals surface area contributed by atoms with E-state index in [1.54, 1.807) is 12.1 Å². The van der Waals surface area contributed by atoms with Crippen molar-refractivity contribution in [3.05, 3.63) is 111 Å². The standard InChI is InChI=1S/C48H52ClN9O5.C2HF3O2/c1-48(2,34-22-32(26-50)23-35(49)24-34)33-5-8-39(9-6-33)63-30-36-13-15-51-47(52-36)55-20-18-54(19-21-55)27-31-14-17-57(28-31)38-4-3-16-56(29-38)37-7-10-40-41(25-37)46(62)58(45(40)61)42-11-12-43(59)53-44(42)60;3-2(4,5)1(6)7/h5-10,13,15,22-25,31,38,42H,3-4,11-12,14,16-21,27-30H2,1-2H3,(H,53,59,60);(H,6,7). The summed E-state index contributed by atoms with van der Waals surface area (Å²) < 4.78 is 37.9.